The van der Waals surface area contributed by atoms with E-state index >= 15 is 0 Å². The number of rotatable bonds is 5. The van der Waals surface area contributed by atoms with Crippen molar-refractivity contribution < 1.29 is 4.42 Å². The SMILES string of the molecule is c1ccc(-c2nc(-c3cccc(-c4cccc(-n5c6ccccc6c6ccccc65)c4)c3)nc(-c3cccc4c3oc3ccccc34)n2)cc1. The van der Waals surface area contributed by atoms with E-state index in [9.17, 15) is 0 Å². The fourth-order valence-corrected chi connectivity index (χ4v) is 7.13. The van der Waals surface area contributed by atoms with E-state index in [0.717, 1.165) is 55.4 Å². The fraction of sp³-hybridized carbons (Fsp3) is 0. The van der Waals surface area contributed by atoms with Crippen LogP contribution in [0.1, 0.15) is 0 Å². The lowest BCUT2D eigenvalue weighted by Gasteiger charge is -2.12. The molecule has 10 rings (SSSR count). The molecule has 10 aromatic rings. The van der Waals surface area contributed by atoms with Crippen LogP contribution in [0.4, 0.5) is 0 Å². The lowest BCUT2D eigenvalue weighted by atomic mass is 10.0. The zero-order valence-corrected chi connectivity index (χ0v) is 26.9. The van der Waals surface area contributed by atoms with Gasteiger partial charge in [0.05, 0.1) is 16.6 Å². The third-order valence-corrected chi connectivity index (χ3v) is 9.45. The van der Waals surface area contributed by atoms with Crippen molar-refractivity contribution in [1.82, 2.24) is 19.5 Å². The number of furan rings is 1. The van der Waals surface area contributed by atoms with E-state index in [0.29, 0.717) is 17.5 Å². The summed E-state index contributed by atoms with van der Waals surface area (Å²) in [4.78, 5) is 15.1. The molecule has 0 spiro atoms. The first-order chi connectivity index (χ1) is 24.8. The second-order valence-electron chi connectivity index (χ2n) is 12.5. The molecule has 0 aliphatic carbocycles. The normalized spacial score (nSPS) is 11.6. The molecule has 0 aliphatic rings. The Balaban J connectivity index is 1.12. The predicted molar refractivity (Wildman–Crippen MR) is 203 cm³/mol. The van der Waals surface area contributed by atoms with E-state index in [1.54, 1.807) is 0 Å². The minimum atomic E-state index is 0.567. The van der Waals surface area contributed by atoms with Crippen LogP contribution in [-0.2, 0) is 0 Å². The van der Waals surface area contributed by atoms with Crippen molar-refractivity contribution in [3.63, 3.8) is 0 Å². The molecule has 5 nitrogen and oxygen atoms in total. The van der Waals surface area contributed by atoms with Crippen molar-refractivity contribution in [2.24, 2.45) is 0 Å². The summed E-state index contributed by atoms with van der Waals surface area (Å²) in [5.41, 5.74) is 9.92. The topological polar surface area (TPSA) is 56.7 Å². The molecule has 0 radical (unpaired) electrons. The molecular weight excluding hydrogens is 613 g/mol. The van der Waals surface area contributed by atoms with Crippen molar-refractivity contribution in [2.75, 3.05) is 0 Å². The summed E-state index contributed by atoms with van der Waals surface area (Å²) in [6.07, 6.45) is 0. The monoisotopic (exact) mass is 640 g/mol. The Morgan fingerprint density at radius 1 is 0.380 bits per heavy atom. The highest BCUT2D eigenvalue weighted by atomic mass is 16.3. The van der Waals surface area contributed by atoms with E-state index < -0.39 is 0 Å². The smallest absolute Gasteiger partial charge is 0.167 e. The van der Waals surface area contributed by atoms with Gasteiger partial charge in [-0.3, -0.25) is 0 Å². The van der Waals surface area contributed by atoms with E-state index in [1.807, 2.05) is 60.7 Å². The highest BCUT2D eigenvalue weighted by Gasteiger charge is 2.18. The molecule has 7 aromatic carbocycles. The van der Waals surface area contributed by atoms with Crippen LogP contribution in [0.3, 0.4) is 0 Å². The number of hydrogen-bond donors (Lipinski definition) is 0. The molecule has 0 N–H and O–H groups in total. The van der Waals surface area contributed by atoms with Crippen LogP contribution in [0.5, 0.6) is 0 Å². The molecule has 0 saturated carbocycles. The third kappa shape index (κ3) is 4.60. The van der Waals surface area contributed by atoms with Crippen molar-refractivity contribution in [2.45, 2.75) is 0 Å². The molecule has 0 amide bonds. The van der Waals surface area contributed by atoms with Gasteiger partial charge in [-0.15, -0.1) is 0 Å². The van der Waals surface area contributed by atoms with E-state index in [2.05, 4.69) is 114 Å². The van der Waals surface area contributed by atoms with Gasteiger partial charge in [0.1, 0.15) is 11.2 Å². The number of fused-ring (bicyclic) bond motifs is 6. The number of hydrogen-bond acceptors (Lipinski definition) is 4. The first-order valence-corrected chi connectivity index (χ1v) is 16.7. The summed E-state index contributed by atoms with van der Waals surface area (Å²) in [5, 5.41) is 4.59. The Morgan fingerprint density at radius 2 is 0.920 bits per heavy atom. The minimum absolute atomic E-state index is 0.567. The summed E-state index contributed by atoms with van der Waals surface area (Å²) in [5.74, 6) is 1.78. The molecule has 0 bridgehead atoms. The van der Waals surface area contributed by atoms with E-state index in [-0.39, 0.29) is 0 Å². The maximum absolute atomic E-state index is 6.40. The second-order valence-corrected chi connectivity index (χ2v) is 12.5. The predicted octanol–water partition coefficient (Wildman–Crippen LogP) is 11.5. The average Bonchev–Trinajstić information content (AvgIpc) is 3.74. The third-order valence-electron chi connectivity index (χ3n) is 9.45. The zero-order chi connectivity index (χ0) is 33.0. The zero-order valence-electron chi connectivity index (χ0n) is 26.9. The Hall–Kier alpha value is -6.85. The molecule has 0 fully saturated rings. The molecule has 0 aliphatic heterocycles. The van der Waals surface area contributed by atoms with Crippen molar-refractivity contribution >= 4 is 43.7 Å². The van der Waals surface area contributed by atoms with Gasteiger partial charge in [-0.1, -0.05) is 127 Å². The molecule has 0 atom stereocenters. The lowest BCUT2D eigenvalue weighted by molar-refractivity contribution is 0.669. The Labute approximate surface area is 287 Å². The molecular formula is C45H28N4O. The lowest BCUT2D eigenvalue weighted by Crippen LogP contribution is -2.00. The Kier molecular flexibility index (Phi) is 6.42. The molecule has 0 unspecified atom stereocenters. The second kappa shape index (κ2) is 11.4. The van der Waals surface area contributed by atoms with Gasteiger partial charge in [0, 0.05) is 38.4 Å². The Morgan fingerprint density at radius 3 is 1.70 bits per heavy atom. The summed E-state index contributed by atoms with van der Waals surface area (Å²) in [7, 11) is 0. The van der Waals surface area contributed by atoms with Crippen molar-refractivity contribution in [3.05, 3.63) is 170 Å². The molecule has 234 valence electrons. The standard InChI is InChI=1S/C45H28N4O/c1-2-13-29(14-3-1)43-46-44(48-45(47-43)38-23-12-22-37-36-21-6-9-26-41(36)50-42(37)38)32-17-10-15-30(27-32)31-16-11-18-33(28-31)49-39-24-7-4-19-34(39)35-20-5-8-25-40(35)49/h1-28H. The summed E-state index contributed by atoms with van der Waals surface area (Å²) >= 11 is 0. The van der Waals surface area contributed by atoms with Gasteiger partial charge >= 0.3 is 0 Å². The van der Waals surface area contributed by atoms with Crippen LogP contribution >= 0.6 is 0 Å². The quantitative estimate of drug-likeness (QED) is 0.188. The van der Waals surface area contributed by atoms with Crippen LogP contribution in [0.25, 0.3) is 94.7 Å². The van der Waals surface area contributed by atoms with Crippen molar-refractivity contribution in [3.8, 4) is 51.0 Å². The highest BCUT2D eigenvalue weighted by molar-refractivity contribution is 6.10. The number of benzene rings is 7. The highest BCUT2D eigenvalue weighted by Crippen LogP contribution is 2.37. The summed E-state index contributed by atoms with van der Waals surface area (Å²) < 4.78 is 8.75. The van der Waals surface area contributed by atoms with Crippen molar-refractivity contribution in [1.29, 1.82) is 0 Å². The van der Waals surface area contributed by atoms with Gasteiger partial charge < -0.3 is 8.98 Å². The fourth-order valence-electron chi connectivity index (χ4n) is 7.13. The van der Waals surface area contributed by atoms with Gasteiger partial charge in [-0.05, 0) is 53.6 Å². The molecule has 50 heavy (non-hydrogen) atoms. The van der Waals surface area contributed by atoms with E-state index in [1.165, 1.54) is 21.8 Å². The number of para-hydroxylation sites is 4. The maximum Gasteiger partial charge on any atom is 0.167 e. The van der Waals surface area contributed by atoms with Crippen LogP contribution in [0.2, 0.25) is 0 Å². The van der Waals surface area contributed by atoms with Gasteiger partial charge in [0.2, 0.25) is 0 Å². The van der Waals surface area contributed by atoms with Crippen LogP contribution < -0.4 is 0 Å². The molecule has 3 heterocycles. The molecule has 5 heteroatoms. The molecule has 0 saturated heterocycles. The molecule has 3 aromatic heterocycles. The first-order valence-electron chi connectivity index (χ1n) is 16.7. The van der Waals surface area contributed by atoms with Crippen LogP contribution in [0.15, 0.2) is 174 Å². The number of nitrogens with zero attached hydrogens (tertiary/aromatic N) is 4. The van der Waals surface area contributed by atoms with Gasteiger partial charge in [-0.25, -0.2) is 15.0 Å². The van der Waals surface area contributed by atoms with Gasteiger partial charge in [0.15, 0.2) is 17.5 Å². The average molecular weight is 641 g/mol. The summed E-state index contributed by atoms with van der Waals surface area (Å²) in [6.45, 7) is 0. The van der Waals surface area contributed by atoms with Gasteiger partial charge in [0.25, 0.3) is 0 Å². The Bertz CT molecular complexity index is 2830. The number of aromatic nitrogens is 4. The minimum Gasteiger partial charge on any atom is -0.455 e. The summed E-state index contributed by atoms with van der Waals surface area (Å²) in [6, 6.07) is 58.7. The first kappa shape index (κ1) is 28.2. The van der Waals surface area contributed by atoms with E-state index in [4.69, 9.17) is 19.4 Å². The largest absolute Gasteiger partial charge is 0.455 e. The van der Waals surface area contributed by atoms with Gasteiger partial charge in [-0.2, -0.15) is 0 Å². The van der Waals surface area contributed by atoms with Crippen LogP contribution in [0, 0.1) is 0 Å². The maximum atomic E-state index is 6.40. The van der Waals surface area contributed by atoms with Crippen LogP contribution in [-0.4, -0.2) is 19.5 Å².